The van der Waals surface area contributed by atoms with Crippen LogP contribution < -0.4 is 0 Å². The van der Waals surface area contributed by atoms with E-state index in [-0.39, 0.29) is 12.0 Å². The van der Waals surface area contributed by atoms with Crippen LogP contribution in [0.15, 0.2) is 29.6 Å². The van der Waals surface area contributed by atoms with Crippen molar-refractivity contribution in [2.75, 3.05) is 6.61 Å². The molecular weight excluding hydrogens is 244 g/mol. The number of hydrogen-bond acceptors (Lipinski definition) is 3. The average molecular weight is 262 g/mol. The number of ether oxygens (including phenoxy) is 1. The Kier molecular flexibility index (Phi) is 3.37. The first-order valence-corrected chi connectivity index (χ1v) is 7.45. The highest BCUT2D eigenvalue weighted by Crippen LogP contribution is 2.39. The predicted octanol–water partition coefficient (Wildman–Crippen LogP) is 3.75. The van der Waals surface area contributed by atoms with Crippen LogP contribution in [0.5, 0.6) is 0 Å². The third-order valence-corrected chi connectivity index (χ3v) is 4.88. The van der Waals surface area contributed by atoms with Gasteiger partial charge in [0.2, 0.25) is 0 Å². The predicted molar refractivity (Wildman–Crippen MR) is 74.9 cm³/mol. The molecule has 1 fully saturated rings. The van der Waals surface area contributed by atoms with Crippen LogP contribution in [0, 0.1) is 5.92 Å². The molecule has 1 aliphatic heterocycles. The molecule has 0 amide bonds. The van der Waals surface area contributed by atoms with E-state index < -0.39 is 6.10 Å². The maximum atomic E-state index is 10.6. The first-order chi connectivity index (χ1) is 8.81. The van der Waals surface area contributed by atoms with Gasteiger partial charge in [-0.3, -0.25) is 0 Å². The Bertz CT molecular complexity index is 534. The normalized spacial score (nSPS) is 25.7. The van der Waals surface area contributed by atoms with E-state index in [1.54, 1.807) is 11.3 Å². The monoisotopic (exact) mass is 262 g/mol. The fourth-order valence-electron chi connectivity index (χ4n) is 2.90. The molecule has 1 aliphatic rings. The molecule has 1 saturated heterocycles. The van der Waals surface area contributed by atoms with E-state index >= 15 is 0 Å². The van der Waals surface area contributed by atoms with Crippen LogP contribution >= 0.6 is 11.3 Å². The summed E-state index contributed by atoms with van der Waals surface area (Å²) in [4.78, 5) is 0. The number of thiophene rings is 1. The molecular formula is C15H18O2S. The van der Waals surface area contributed by atoms with Crippen molar-refractivity contribution in [3.05, 3.63) is 35.2 Å². The van der Waals surface area contributed by atoms with Gasteiger partial charge in [0.05, 0.1) is 12.2 Å². The van der Waals surface area contributed by atoms with E-state index in [1.807, 2.05) is 12.1 Å². The SMILES string of the molecule is CCC1OCCC1C(O)c1csc2ccccc12. The van der Waals surface area contributed by atoms with E-state index in [4.69, 9.17) is 4.74 Å². The third kappa shape index (κ3) is 1.96. The number of fused-ring (bicyclic) bond motifs is 1. The molecule has 1 aromatic carbocycles. The second-order valence-corrected chi connectivity index (χ2v) is 5.81. The molecule has 1 aromatic heterocycles. The lowest BCUT2D eigenvalue weighted by Gasteiger charge is -2.22. The van der Waals surface area contributed by atoms with Crippen LogP contribution in [0.4, 0.5) is 0 Å². The summed E-state index contributed by atoms with van der Waals surface area (Å²) in [5.41, 5.74) is 1.07. The third-order valence-electron chi connectivity index (χ3n) is 3.90. The minimum Gasteiger partial charge on any atom is -0.388 e. The van der Waals surface area contributed by atoms with Crippen molar-refractivity contribution in [3.63, 3.8) is 0 Å². The van der Waals surface area contributed by atoms with Gasteiger partial charge < -0.3 is 9.84 Å². The van der Waals surface area contributed by atoms with E-state index in [9.17, 15) is 5.11 Å². The highest BCUT2D eigenvalue weighted by Gasteiger charge is 2.34. The average Bonchev–Trinajstić information content (AvgIpc) is 3.04. The Morgan fingerprint density at radius 1 is 1.44 bits per heavy atom. The number of aliphatic hydroxyl groups excluding tert-OH is 1. The molecule has 0 saturated carbocycles. The van der Waals surface area contributed by atoms with Crippen LogP contribution in [-0.4, -0.2) is 17.8 Å². The second kappa shape index (κ2) is 5.00. The zero-order valence-electron chi connectivity index (χ0n) is 10.5. The van der Waals surface area contributed by atoms with E-state index in [0.717, 1.165) is 25.0 Å². The molecule has 0 bridgehead atoms. The van der Waals surface area contributed by atoms with Crippen LogP contribution in [0.2, 0.25) is 0 Å². The van der Waals surface area contributed by atoms with Gasteiger partial charge in [0.15, 0.2) is 0 Å². The van der Waals surface area contributed by atoms with Crippen molar-refractivity contribution in [2.24, 2.45) is 5.92 Å². The molecule has 96 valence electrons. The topological polar surface area (TPSA) is 29.5 Å². The number of benzene rings is 1. The van der Waals surface area contributed by atoms with Crippen molar-refractivity contribution in [2.45, 2.75) is 32.0 Å². The first kappa shape index (κ1) is 12.2. The molecule has 0 aliphatic carbocycles. The van der Waals surface area contributed by atoms with E-state index in [1.165, 1.54) is 10.1 Å². The smallest absolute Gasteiger partial charge is 0.0857 e. The molecule has 3 rings (SSSR count). The summed E-state index contributed by atoms with van der Waals surface area (Å²) < 4.78 is 6.94. The Labute approximate surface area is 111 Å². The minimum atomic E-state index is -0.395. The van der Waals surface area contributed by atoms with Crippen LogP contribution in [0.25, 0.3) is 10.1 Å². The molecule has 3 heteroatoms. The summed E-state index contributed by atoms with van der Waals surface area (Å²) in [6, 6.07) is 8.29. The molecule has 2 heterocycles. The number of rotatable bonds is 3. The lowest BCUT2D eigenvalue weighted by molar-refractivity contribution is 0.0315. The highest BCUT2D eigenvalue weighted by molar-refractivity contribution is 7.17. The Hall–Kier alpha value is -0.900. The van der Waals surface area contributed by atoms with Gasteiger partial charge in [-0.2, -0.15) is 0 Å². The summed E-state index contributed by atoms with van der Waals surface area (Å²) >= 11 is 1.71. The largest absolute Gasteiger partial charge is 0.388 e. The Morgan fingerprint density at radius 3 is 3.11 bits per heavy atom. The van der Waals surface area contributed by atoms with Crippen molar-refractivity contribution in [3.8, 4) is 0 Å². The van der Waals surface area contributed by atoms with Gasteiger partial charge in [0.25, 0.3) is 0 Å². The fourth-order valence-corrected chi connectivity index (χ4v) is 3.90. The van der Waals surface area contributed by atoms with Gasteiger partial charge in [-0.1, -0.05) is 25.1 Å². The maximum Gasteiger partial charge on any atom is 0.0857 e. The van der Waals surface area contributed by atoms with Crippen LogP contribution in [0.1, 0.15) is 31.4 Å². The van der Waals surface area contributed by atoms with Gasteiger partial charge in [-0.05, 0) is 35.2 Å². The van der Waals surface area contributed by atoms with Crippen LogP contribution in [-0.2, 0) is 4.74 Å². The van der Waals surface area contributed by atoms with Crippen molar-refractivity contribution < 1.29 is 9.84 Å². The number of aliphatic hydroxyl groups is 1. The van der Waals surface area contributed by atoms with Gasteiger partial charge in [-0.15, -0.1) is 11.3 Å². The second-order valence-electron chi connectivity index (χ2n) is 4.90. The van der Waals surface area contributed by atoms with E-state index in [0.29, 0.717) is 0 Å². The molecule has 18 heavy (non-hydrogen) atoms. The van der Waals surface area contributed by atoms with Gasteiger partial charge in [-0.25, -0.2) is 0 Å². The summed E-state index contributed by atoms with van der Waals surface area (Å²) in [5.74, 6) is 0.244. The van der Waals surface area contributed by atoms with E-state index in [2.05, 4.69) is 24.4 Å². The van der Waals surface area contributed by atoms with Gasteiger partial charge in [0, 0.05) is 17.2 Å². The Morgan fingerprint density at radius 2 is 2.28 bits per heavy atom. The zero-order valence-corrected chi connectivity index (χ0v) is 11.3. The molecule has 3 unspecified atom stereocenters. The molecule has 0 spiro atoms. The lowest BCUT2D eigenvalue weighted by atomic mass is 9.89. The highest BCUT2D eigenvalue weighted by atomic mass is 32.1. The first-order valence-electron chi connectivity index (χ1n) is 6.57. The summed E-state index contributed by atoms with van der Waals surface area (Å²) in [5, 5.41) is 13.9. The maximum absolute atomic E-state index is 10.6. The summed E-state index contributed by atoms with van der Waals surface area (Å²) in [6.07, 6.45) is 1.75. The summed E-state index contributed by atoms with van der Waals surface area (Å²) in [7, 11) is 0. The molecule has 3 atom stereocenters. The summed E-state index contributed by atoms with van der Waals surface area (Å²) in [6.45, 7) is 2.91. The zero-order chi connectivity index (χ0) is 12.5. The molecule has 0 radical (unpaired) electrons. The Balaban J connectivity index is 1.94. The molecule has 2 nitrogen and oxygen atoms in total. The fraction of sp³-hybridized carbons (Fsp3) is 0.467. The quantitative estimate of drug-likeness (QED) is 0.913. The van der Waals surface area contributed by atoms with Crippen molar-refractivity contribution in [1.82, 2.24) is 0 Å². The molecule has 1 N–H and O–H groups in total. The van der Waals surface area contributed by atoms with Gasteiger partial charge in [0.1, 0.15) is 0 Å². The molecule has 2 aromatic rings. The van der Waals surface area contributed by atoms with Crippen molar-refractivity contribution >= 4 is 21.4 Å². The minimum absolute atomic E-state index is 0.207. The van der Waals surface area contributed by atoms with Gasteiger partial charge >= 0.3 is 0 Å². The standard InChI is InChI=1S/C15H18O2S/c1-2-13-11(7-8-17-13)15(16)12-9-18-14-6-4-3-5-10(12)14/h3-6,9,11,13,15-16H,2,7-8H2,1H3. The van der Waals surface area contributed by atoms with Crippen molar-refractivity contribution in [1.29, 1.82) is 0 Å². The lowest BCUT2D eigenvalue weighted by Crippen LogP contribution is -2.21. The number of hydrogen-bond donors (Lipinski definition) is 1. The van der Waals surface area contributed by atoms with Crippen LogP contribution in [0.3, 0.4) is 0 Å².